The van der Waals surface area contributed by atoms with E-state index in [2.05, 4.69) is 71.6 Å². The van der Waals surface area contributed by atoms with Crippen molar-refractivity contribution >= 4 is 34.7 Å². The van der Waals surface area contributed by atoms with Crippen LogP contribution >= 0.6 is 23.1 Å². The lowest BCUT2D eigenvalue weighted by Gasteiger charge is -2.35. The summed E-state index contributed by atoms with van der Waals surface area (Å²) in [7, 11) is 1.97. The number of aromatic nitrogens is 3. The number of amides is 1. The van der Waals surface area contributed by atoms with Gasteiger partial charge < -0.3 is 14.4 Å². The van der Waals surface area contributed by atoms with Gasteiger partial charge in [-0.3, -0.25) is 4.79 Å². The van der Waals surface area contributed by atoms with Crippen LogP contribution in [0.3, 0.4) is 0 Å². The Balaban J connectivity index is 1.43. The molecule has 1 aliphatic heterocycles. The highest BCUT2D eigenvalue weighted by Gasteiger charge is 2.30. The number of thiophene rings is 1. The first-order valence-corrected chi connectivity index (χ1v) is 13.2. The van der Waals surface area contributed by atoms with Gasteiger partial charge in [-0.15, -0.1) is 21.5 Å². The third kappa shape index (κ3) is 4.43. The van der Waals surface area contributed by atoms with Crippen molar-refractivity contribution in [3.05, 3.63) is 46.2 Å². The highest BCUT2D eigenvalue weighted by molar-refractivity contribution is 7.99. The molecule has 0 fully saturated rings. The molecule has 0 N–H and O–H groups in total. The van der Waals surface area contributed by atoms with Crippen molar-refractivity contribution in [2.45, 2.75) is 44.8 Å². The van der Waals surface area contributed by atoms with Crippen molar-refractivity contribution in [2.75, 3.05) is 30.3 Å². The summed E-state index contributed by atoms with van der Waals surface area (Å²) >= 11 is 3.28. The standard InChI is InChI=1S/C24H31N5OS2/c1-5-20-19-13-15-31-21(19)12-14-29(20)22(30)16-32-24-26-25-23(27(24)4)17-8-10-18(11-9-17)28(6-2)7-3/h8-11,13,15,20H,5-7,12,14,16H2,1-4H3. The fourth-order valence-electron chi connectivity index (χ4n) is 4.45. The van der Waals surface area contributed by atoms with Crippen LogP contribution in [0.1, 0.15) is 43.7 Å². The van der Waals surface area contributed by atoms with Gasteiger partial charge in [-0.2, -0.15) is 0 Å². The molecular weight excluding hydrogens is 438 g/mol. The molecule has 0 radical (unpaired) electrons. The number of benzene rings is 1. The molecule has 3 aromatic rings. The minimum atomic E-state index is 0.173. The second kappa shape index (κ2) is 10.1. The Morgan fingerprint density at radius 3 is 2.59 bits per heavy atom. The number of rotatable bonds is 8. The van der Waals surface area contributed by atoms with Crippen molar-refractivity contribution in [2.24, 2.45) is 7.05 Å². The van der Waals surface area contributed by atoms with E-state index in [1.54, 1.807) is 0 Å². The van der Waals surface area contributed by atoms with Gasteiger partial charge in [0.2, 0.25) is 5.91 Å². The van der Waals surface area contributed by atoms with Crippen LogP contribution in [0.25, 0.3) is 11.4 Å². The SMILES string of the molecule is CCC1c2ccsc2CCN1C(=O)CSc1nnc(-c2ccc(N(CC)CC)cc2)n1C. The van der Waals surface area contributed by atoms with Crippen LogP contribution < -0.4 is 4.90 Å². The maximum atomic E-state index is 13.1. The van der Waals surface area contributed by atoms with Gasteiger partial charge in [0.1, 0.15) is 0 Å². The van der Waals surface area contributed by atoms with Gasteiger partial charge in [0.05, 0.1) is 11.8 Å². The summed E-state index contributed by atoms with van der Waals surface area (Å²) in [6.07, 6.45) is 1.90. The summed E-state index contributed by atoms with van der Waals surface area (Å²) < 4.78 is 1.98. The summed E-state index contributed by atoms with van der Waals surface area (Å²) in [4.78, 5) is 18.9. The number of hydrogen-bond acceptors (Lipinski definition) is 6. The minimum absolute atomic E-state index is 0.173. The van der Waals surface area contributed by atoms with Crippen LogP contribution in [0.2, 0.25) is 0 Å². The molecular formula is C24H31N5OS2. The first kappa shape index (κ1) is 22.9. The lowest BCUT2D eigenvalue weighted by Crippen LogP contribution is -2.40. The molecule has 0 aliphatic carbocycles. The first-order chi connectivity index (χ1) is 15.6. The molecule has 1 amide bonds. The lowest BCUT2D eigenvalue weighted by atomic mass is 9.98. The van der Waals surface area contributed by atoms with E-state index in [1.807, 2.05) is 27.9 Å². The summed E-state index contributed by atoms with van der Waals surface area (Å²) in [5.41, 5.74) is 3.57. The molecule has 8 heteroatoms. The smallest absolute Gasteiger partial charge is 0.233 e. The molecule has 170 valence electrons. The first-order valence-electron chi connectivity index (χ1n) is 11.3. The second-order valence-corrected chi connectivity index (χ2v) is 9.88. The molecule has 2 aromatic heterocycles. The zero-order valence-electron chi connectivity index (χ0n) is 19.2. The van der Waals surface area contributed by atoms with Crippen molar-refractivity contribution in [3.63, 3.8) is 0 Å². The Labute approximate surface area is 198 Å². The Bertz CT molecular complexity index is 1050. The van der Waals surface area contributed by atoms with E-state index < -0.39 is 0 Å². The van der Waals surface area contributed by atoms with Crippen LogP contribution in [-0.4, -0.2) is 51.0 Å². The maximum absolute atomic E-state index is 13.1. The quantitative estimate of drug-likeness (QED) is 0.434. The molecule has 0 saturated heterocycles. The molecule has 3 heterocycles. The van der Waals surface area contributed by atoms with Gasteiger partial charge in [0.15, 0.2) is 11.0 Å². The number of fused-ring (bicyclic) bond motifs is 1. The van der Waals surface area contributed by atoms with E-state index in [4.69, 9.17) is 0 Å². The summed E-state index contributed by atoms with van der Waals surface area (Å²) in [5.74, 6) is 1.37. The highest BCUT2D eigenvalue weighted by atomic mass is 32.2. The Morgan fingerprint density at radius 1 is 1.16 bits per heavy atom. The van der Waals surface area contributed by atoms with Gasteiger partial charge in [0.25, 0.3) is 0 Å². The summed E-state index contributed by atoms with van der Waals surface area (Å²) in [6, 6.07) is 10.8. The molecule has 32 heavy (non-hydrogen) atoms. The number of hydrogen-bond donors (Lipinski definition) is 0. The van der Waals surface area contributed by atoms with Crippen LogP contribution in [0.15, 0.2) is 40.9 Å². The predicted octanol–water partition coefficient (Wildman–Crippen LogP) is 5.02. The number of carbonyl (C=O) groups excluding carboxylic acids is 1. The third-order valence-corrected chi connectivity index (χ3v) is 8.22. The van der Waals surface area contributed by atoms with Crippen LogP contribution in [-0.2, 0) is 18.3 Å². The van der Waals surface area contributed by atoms with Crippen molar-refractivity contribution < 1.29 is 4.79 Å². The zero-order valence-corrected chi connectivity index (χ0v) is 20.9. The molecule has 6 nitrogen and oxygen atoms in total. The number of nitrogens with zero attached hydrogens (tertiary/aromatic N) is 5. The Hall–Kier alpha value is -2.32. The number of thioether (sulfide) groups is 1. The van der Waals surface area contributed by atoms with E-state index in [9.17, 15) is 4.79 Å². The average Bonchev–Trinajstić information content (AvgIpc) is 3.44. The molecule has 0 spiro atoms. The van der Waals surface area contributed by atoms with Gasteiger partial charge in [-0.05, 0) is 68.0 Å². The maximum Gasteiger partial charge on any atom is 0.233 e. The van der Waals surface area contributed by atoms with Crippen molar-refractivity contribution in [1.29, 1.82) is 0 Å². The van der Waals surface area contributed by atoms with Gasteiger partial charge in [-0.1, -0.05) is 18.7 Å². The molecule has 1 atom stereocenters. The predicted molar refractivity (Wildman–Crippen MR) is 133 cm³/mol. The van der Waals surface area contributed by atoms with Crippen molar-refractivity contribution in [3.8, 4) is 11.4 Å². The fourth-order valence-corrected chi connectivity index (χ4v) is 6.17. The number of carbonyl (C=O) groups is 1. The van der Waals surface area contributed by atoms with Crippen LogP contribution in [0, 0.1) is 0 Å². The lowest BCUT2D eigenvalue weighted by molar-refractivity contribution is -0.131. The molecule has 4 rings (SSSR count). The van der Waals surface area contributed by atoms with E-state index in [1.165, 1.54) is 27.9 Å². The molecule has 0 saturated carbocycles. The molecule has 1 aromatic carbocycles. The second-order valence-electron chi connectivity index (χ2n) is 7.93. The summed E-state index contributed by atoms with van der Waals surface area (Å²) in [5, 5.41) is 11.7. The number of anilines is 1. The highest BCUT2D eigenvalue weighted by Crippen LogP contribution is 2.36. The largest absolute Gasteiger partial charge is 0.372 e. The van der Waals surface area contributed by atoms with Gasteiger partial charge >= 0.3 is 0 Å². The van der Waals surface area contributed by atoms with E-state index >= 15 is 0 Å². The Morgan fingerprint density at radius 2 is 1.91 bits per heavy atom. The van der Waals surface area contributed by atoms with Crippen LogP contribution in [0.5, 0.6) is 0 Å². The minimum Gasteiger partial charge on any atom is -0.372 e. The van der Waals surface area contributed by atoms with Crippen LogP contribution in [0.4, 0.5) is 5.69 Å². The summed E-state index contributed by atoms with van der Waals surface area (Å²) in [6.45, 7) is 9.25. The molecule has 0 bridgehead atoms. The van der Waals surface area contributed by atoms with Gasteiger partial charge in [0, 0.05) is 42.8 Å². The normalized spacial score (nSPS) is 15.6. The van der Waals surface area contributed by atoms with Crippen molar-refractivity contribution in [1.82, 2.24) is 19.7 Å². The molecule has 1 unspecified atom stereocenters. The third-order valence-electron chi connectivity index (χ3n) is 6.22. The molecule has 1 aliphatic rings. The topological polar surface area (TPSA) is 54.3 Å². The van der Waals surface area contributed by atoms with E-state index in [0.717, 1.165) is 49.0 Å². The van der Waals surface area contributed by atoms with Gasteiger partial charge in [-0.25, -0.2) is 0 Å². The zero-order chi connectivity index (χ0) is 22.7. The fraction of sp³-hybridized carbons (Fsp3) is 0.458. The Kier molecular flexibility index (Phi) is 7.20. The monoisotopic (exact) mass is 469 g/mol. The van der Waals surface area contributed by atoms with E-state index in [0.29, 0.717) is 5.75 Å². The van der Waals surface area contributed by atoms with E-state index in [-0.39, 0.29) is 11.9 Å². The average molecular weight is 470 g/mol.